The Bertz CT molecular complexity index is 570. The molecule has 0 aliphatic rings. The molecule has 1 N–H and O–H groups in total. The third-order valence-corrected chi connectivity index (χ3v) is 3.37. The predicted molar refractivity (Wildman–Crippen MR) is 75.2 cm³/mol. The first-order valence-electron chi connectivity index (χ1n) is 5.96. The highest BCUT2D eigenvalue weighted by atomic mass is 32.2. The first-order valence-corrected chi connectivity index (χ1v) is 6.94. The molecule has 0 radical (unpaired) electrons. The van der Waals surface area contributed by atoms with Crippen LogP contribution in [0.25, 0.3) is 11.3 Å². The lowest BCUT2D eigenvalue weighted by molar-refractivity contribution is -0.136. The smallest absolute Gasteiger partial charge is 0.311 e. The molecule has 0 aliphatic heterocycles. The van der Waals surface area contributed by atoms with E-state index in [1.807, 2.05) is 24.3 Å². The van der Waals surface area contributed by atoms with Gasteiger partial charge in [-0.15, -0.1) is 11.8 Å². The zero-order chi connectivity index (χ0) is 13.7. The average molecular weight is 274 g/mol. The number of nitrogens with zero attached hydrogens (tertiary/aromatic N) is 2. The van der Waals surface area contributed by atoms with E-state index < -0.39 is 5.97 Å². The Hall–Kier alpha value is -1.88. The highest BCUT2D eigenvalue weighted by Gasteiger charge is 2.06. The summed E-state index contributed by atoms with van der Waals surface area (Å²) in [6, 6.07) is 9.86. The molecule has 0 aliphatic carbocycles. The van der Waals surface area contributed by atoms with Crippen molar-refractivity contribution in [3.05, 3.63) is 42.4 Å². The number of aromatic nitrogens is 2. The number of carboxylic acids is 1. The summed E-state index contributed by atoms with van der Waals surface area (Å²) >= 11 is 1.78. The molecule has 0 saturated heterocycles. The Balaban J connectivity index is 2.23. The van der Waals surface area contributed by atoms with Crippen molar-refractivity contribution in [3.63, 3.8) is 0 Å². The molecule has 0 saturated carbocycles. The average Bonchev–Trinajstić information content (AvgIpc) is 2.39. The zero-order valence-electron chi connectivity index (χ0n) is 10.5. The van der Waals surface area contributed by atoms with E-state index in [1.165, 1.54) is 4.90 Å². The van der Waals surface area contributed by atoms with Gasteiger partial charge in [-0.25, -0.2) is 9.97 Å². The Morgan fingerprint density at radius 2 is 2.00 bits per heavy atom. The second-order valence-electron chi connectivity index (χ2n) is 3.89. The zero-order valence-corrected chi connectivity index (χ0v) is 11.4. The maximum absolute atomic E-state index is 10.7. The summed E-state index contributed by atoms with van der Waals surface area (Å²) in [6.45, 7) is 2.11. The highest BCUT2D eigenvalue weighted by Crippen LogP contribution is 2.22. The minimum absolute atomic E-state index is 0.155. The number of carbonyl (C=O) groups is 1. The summed E-state index contributed by atoms with van der Waals surface area (Å²) < 4.78 is 0. The van der Waals surface area contributed by atoms with Crippen molar-refractivity contribution in [2.45, 2.75) is 18.2 Å². The molecule has 0 amide bonds. The van der Waals surface area contributed by atoms with Gasteiger partial charge in [-0.1, -0.05) is 19.1 Å². The summed E-state index contributed by atoms with van der Waals surface area (Å²) in [4.78, 5) is 20.1. The van der Waals surface area contributed by atoms with Gasteiger partial charge in [-0.3, -0.25) is 4.79 Å². The van der Waals surface area contributed by atoms with E-state index in [0.29, 0.717) is 5.82 Å². The highest BCUT2D eigenvalue weighted by molar-refractivity contribution is 7.99. The first kappa shape index (κ1) is 13.5. The maximum Gasteiger partial charge on any atom is 0.311 e. The van der Waals surface area contributed by atoms with Crippen molar-refractivity contribution in [2.24, 2.45) is 0 Å². The molecule has 0 bridgehead atoms. The molecule has 5 heteroatoms. The van der Waals surface area contributed by atoms with Crippen molar-refractivity contribution in [2.75, 3.05) is 5.75 Å². The van der Waals surface area contributed by atoms with Crippen LogP contribution >= 0.6 is 11.8 Å². The number of carboxylic acid groups (broad SMARTS) is 1. The number of thioether (sulfide) groups is 1. The minimum Gasteiger partial charge on any atom is -0.481 e. The minimum atomic E-state index is -0.924. The van der Waals surface area contributed by atoms with Crippen LogP contribution in [0.1, 0.15) is 12.7 Å². The molecule has 1 aromatic carbocycles. The van der Waals surface area contributed by atoms with Gasteiger partial charge in [0.1, 0.15) is 12.2 Å². The monoisotopic (exact) mass is 274 g/mol. The standard InChI is InChI=1S/C14H14N2O2S/c1-2-19-11-5-3-10(4-6-11)12-7-8-15-13(16-12)9-14(17)18/h3-8H,2,9H2,1H3,(H,17,18). The topological polar surface area (TPSA) is 63.1 Å². The third-order valence-electron chi connectivity index (χ3n) is 2.48. The molecule has 4 nitrogen and oxygen atoms in total. The van der Waals surface area contributed by atoms with Crippen LogP contribution in [0.4, 0.5) is 0 Å². The largest absolute Gasteiger partial charge is 0.481 e. The number of hydrogen-bond donors (Lipinski definition) is 1. The van der Waals surface area contributed by atoms with Crippen LogP contribution in [0.5, 0.6) is 0 Å². The van der Waals surface area contributed by atoms with Crippen molar-refractivity contribution >= 4 is 17.7 Å². The summed E-state index contributed by atoms with van der Waals surface area (Å²) in [5, 5.41) is 8.74. The van der Waals surface area contributed by atoms with E-state index in [9.17, 15) is 4.79 Å². The number of rotatable bonds is 5. The fraction of sp³-hybridized carbons (Fsp3) is 0.214. The first-order chi connectivity index (χ1) is 9.19. The van der Waals surface area contributed by atoms with Gasteiger partial charge in [0.25, 0.3) is 0 Å². The van der Waals surface area contributed by atoms with E-state index >= 15 is 0 Å². The molecular formula is C14H14N2O2S. The number of benzene rings is 1. The fourth-order valence-electron chi connectivity index (χ4n) is 1.67. The Morgan fingerprint density at radius 1 is 1.26 bits per heavy atom. The summed E-state index contributed by atoms with van der Waals surface area (Å²) in [6.07, 6.45) is 1.44. The molecule has 1 aromatic heterocycles. The molecule has 0 fully saturated rings. The Kier molecular flexibility index (Phi) is 4.52. The van der Waals surface area contributed by atoms with Crippen molar-refractivity contribution < 1.29 is 9.90 Å². The van der Waals surface area contributed by atoms with Crippen molar-refractivity contribution in [1.82, 2.24) is 9.97 Å². The van der Waals surface area contributed by atoms with E-state index in [2.05, 4.69) is 16.9 Å². The number of hydrogen-bond acceptors (Lipinski definition) is 4. The van der Waals surface area contributed by atoms with Crippen LogP contribution in [0.3, 0.4) is 0 Å². The molecule has 19 heavy (non-hydrogen) atoms. The molecule has 0 unspecified atom stereocenters. The van der Waals surface area contributed by atoms with E-state index in [1.54, 1.807) is 24.0 Å². The molecular weight excluding hydrogens is 260 g/mol. The van der Waals surface area contributed by atoms with Crippen LogP contribution in [-0.2, 0) is 11.2 Å². The second kappa shape index (κ2) is 6.33. The van der Waals surface area contributed by atoms with Gasteiger partial charge in [-0.2, -0.15) is 0 Å². The molecule has 2 aromatic rings. The van der Waals surface area contributed by atoms with E-state index in [0.717, 1.165) is 17.0 Å². The van der Waals surface area contributed by atoms with Gasteiger partial charge < -0.3 is 5.11 Å². The van der Waals surface area contributed by atoms with Gasteiger partial charge in [0.05, 0.1) is 5.69 Å². The predicted octanol–water partition coefficient (Wildman–Crippen LogP) is 2.88. The lowest BCUT2D eigenvalue weighted by Crippen LogP contribution is -2.05. The van der Waals surface area contributed by atoms with Gasteiger partial charge >= 0.3 is 5.97 Å². The van der Waals surface area contributed by atoms with Crippen LogP contribution in [0, 0.1) is 0 Å². The van der Waals surface area contributed by atoms with Crippen LogP contribution < -0.4 is 0 Å². The maximum atomic E-state index is 10.7. The quantitative estimate of drug-likeness (QED) is 0.849. The van der Waals surface area contributed by atoms with Crippen LogP contribution in [0.15, 0.2) is 41.4 Å². The fourth-order valence-corrected chi connectivity index (χ4v) is 2.33. The third kappa shape index (κ3) is 3.79. The van der Waals surface area contributed by atoms with Gasteiger partial charge in [0.15, 0.2) is 0 Å². The van der Waals surface area contributed by atoms with Gasteiger partial charge in [0.2, 0.25) is 0 Å². The summed E-state index contributed by atoms with van der Waals surface area (Å²) in [7, 11) is 0. The Morgan fingerprint density at radius 3 is 2.63 bits per heavy atom. The van der Waals surface area contributed by atoms with E-state index in [-0.39, 0.29) is 6.42 Å². The molecule has 0 atom stereocenters. The lowest BCUT2D eigenvalue weighted by Gasteiger charge is -2.04. The lowest BCUT2D eigenvalue weighted by atomic mass is 10.1. The van der Waals surface area contributed by atoms with Crippen molar-refractivity contribution in [1.29, 1.82) is 0 Å². The van der Waals surface area contributed by atoms with Crippen LogP contribution in [-0.4, -0.2) is 26.8 Å². The Labute approximate surface area is 115 Å². The number of aliphatic carboxylic acids is 1. The normalized spacial score (nSPS) is 10.4. The second-order valence-corrected chi connectivity index (χ2v) is 5.22. The van der Waals surface area contributed by atoms with Gasteiger partial charge in [-0.05, 0) is 24.0 Å². The molecule has 98 valence electrons. The molecule has 1 heterocycles. The summed E-state index contributed by atoms with van der Waals surface area (Å²) in [5.74, 6) is 0.444. The molecule has 2 rings (SSSR count). The molecule has 0 spiro atoms. The van der Waals surface area contributed by atoms with Crippen molar-refractivity contribution in [3.8, 4) is 11.3 Å². The van der Waals surface area contributed by atoms with Gasteiger partial charge in [0, 0.05) is 16.7 Å². The van der Waals surface area contributed by atoms with Crippen LogP contribution in [0.2, 0.25) is 0 Å². The van der Waals surface area contributed by atoms with E-state index in [4.69, 9.17) is 5.11 Å². The SMILES string of the molecule is CCSc1ccc(-c2ccnc(CC(=O)O)n2)cc1. The summed E-state index contributed by atoms with van der Waals surface area (Å²) in [5.41, 5.74) is 1.72.